The highest BCUT2D eigenvalue weighted by molar-refractivity contribution is 7.88. The van der Waals surface area contributed by atoms with Crippen LogP contribution in [-0.4, -0.2) is 27.9 Å². The largest absolute Gasteiger partial charge is 0.534 e. The van der Waals surface area contributed by atoms with E-state index in [0.29, 0.717) is 17.5 Å². The van der Waals surface area contributed by atoms with Gasteiger partial charge in [0.25, 0.3) is 0 Å². The molecule has 6 nitrogen and oxygen atoms in total. The molecule has 2 aromatic rings. The molecule has 0 radical (unpaired) electrons. The Hall–Kier alpha value is -2.48. The first kappa shape index (κ1) is 23.2. The van der Waals surface area contributed by atoms with Crippen molar-refractivity contribution in [1.29, 1.82) is 0 Å². The Balaban J connectivity index is 1.65. The van der Waals surface area contributed by atoms with Crippen LogP contribution in [0, 0.1) is 0 Å². The first-order chi connectivity index (χ1) is 14.1. The molecule has 1 saturated carbocycles. The molecule has 0 aliphatic heterocycles. The molecule has 31 heavy (non-hydrogen) atoms. The van der Waals surface area contributed by atoms with Gasteiger partial charge in [-0.05, 0) is 53.6 Å². The zero-order valence-electron chi connectivity index (χ0n) is 15.0. The molecule has 3 rings (SSSR count). The highest BCUT2D eigenvalue weighted by Gasteiger charge is 2.49. The lowest BCUT2D eigenvalue weighted by atomic mass is 10.0. The van der Waals surface area contributed by atoms with Gasteiger partial charge in [0.2, 0.25) is 0 Å². The number of rotatable bonds is 6. The minimum Gasteiger partial charge on any atom is -0.376 e. The molecule has 0 N–H and O–H groups in total. The SMILES string of the molecule is O=S(=O)(Oc1ccc([C@@H]2C[C@H]2c2ccc(OS(=O)(=O)C(F)(F)F)cc2)cc1)C(F)(F)F. The number of hydrogen-bond donors (Lipinski definition) is 0. The highest BCUT2D eigenvalue weighted by atomic mass is 32.2. The number of benzene rings is 2. The van der Waals surface area contributed by atoms with Crippen molar-refractivity contribution >= 4 is 20.2 Å². The summed E-state index contributed by atoms with van der Waals surface area (Å²) in [6, 6.07) is 9.91. The van der Waals surface area contributed by atoms with Gasteiger partial charge >= 0.3 is 31.3 Å². The lowest BCUT2D eigenvalue weighted by Gasteiger charge is -2.10. The average Bonchev–Trinajstić information content (AvgIpc) is 3.41. The Labute approximate surface area is 172 Å². The molecule has 2 atom stereocenters. The molecule has 1 aliphatic carbocycles. The molecule has 0 saturated heterocycles. The molecule has 14 heteroatoms. The van der Waals surface area contributed by atoms with E-state index in [4.69, 9.17) is 0 Å². The lowest BCUT2D eigenvalue weighted by molar-refractivity contribution is -0.0504. The van der Waals surface area contributed by atoms with Gasteiger partial charge in [0.1, 0.15) is 11.5 Å². The molecule has 0 aromatic heterocycles. The van der Waals surface area contributed by atoms with Crippen molar-refractivity contribution in [3.63, 3.8) is 0 Å². The molecular formula is C17H12F6O6S2. The van der Waals surface area contributed by atoms with Gasteiger partial charge < -0.3 is 8.37 Å². The van der Waals surface area contributed by atoms with Crippen LogP contribution in [0.4, 0.5) is 26.3 Å². The third-order valence-corrected chi connectivity index (χ3v) is 6.34. The van der Waals surface area contributed by atoms with Gasteiger partial charge in [-0.2, -0.15) is 43.2 Å². The Morgan fingerprint density at radius 1 is 0.613 bits per heavy atom. The van der Waals surface area contributed by atoms with Crippen LogP contribution < -0.4 is 8.37 Å². The van der Waals surface area contributed by atoms with E-state index in [1.807, 2.05) is 0 Å². The lowest BCUT2D eigenvalue weighted by Crippen LogP contribution is -2.28. The smallest absolute Gasteiger partial charge is 0.376 e. The fraction of sp³-hybridized carbons (Fsp3) is 0.294. The third-order valence-electron chi connectivity index (χ3n) is 4.39. The van der Waals surface area contributed by atoms with E-state index >= 15 is 0 Å². The molecular weight excluding hydrogens is 478 g/mol. The van der Waals surface area contributed by atoms with E-state index in [1.54, 1.807) is 0 Å². The van der Waals surface area contributed by atoms with Gasteiger partial charge in [-0.25, -0.2) is 0 Å². The Morgan fingerprint density at radius 2 is 0.903 bits per heavy atom. The molecule has 1 fully saturated rings. The van der Waals surface area contributed by atoms with E-state index in [9.17, 15) is 43.2 Å². The average molecular weight is 490 g/mol. The van der Waals surface area contributed by atoms with Crippen LogP contribution in [0.5, 0.6) is 11.5 Å². The van der Waals surface area contributed by atoms with Crippen molar-refractivity contribution in [3.05, 3.63) is 59.7 Å². The first-order valence-corrected chi connectivity index (χ1v) is 11.1. The number of alkyl halides is 6. The van der Waals surface area contributed by atoms with Crippen LogP contribution in [0.2, 0.25) is 0 Å². The van der Waals surface area contributed by atoms with Gasteiger partial charge in [-0.3, -0.25) is 0 Å². The second-order valence-electron chi connectivity index (χ2n) is 6.55. The van der Waals surface area contributed by atoms with Crippen molar-refractivity contribution in [3.8, 4) is 11.5 Å². The standard InChI is InChI=1S/C17H12F6O6S2/c18-16(19,20)30(24,25)28-12-5-1-10(2-6-12)14-9-15(14)11-3-7-13(8-4-11)29-31(26,27)17(21,22)23/h1-8,14-15H,9H2/t14-,15-/m0/s1. The fourth-order valence-corrected chi connectivity index (χ4v) is 3.74. The Kier molecular flexibility index (Phi) is 5.67. The van der Waals surface area contributed by atoms with Crippen LogP contribution in [0.15, 0.2) is 48.5 Å². The van der Waals surface area contributed by atoms with Crippen molar-refractivity contribution < 1.29 is 51.5 Å². The van der Waals surface area contributed by atoms with Gasteiger partial charge in [-0.1, -0.05) is 24.3 Å². The van der Waals surface area contributed by atoms with Crippen molar-refractivity contribution in [1.82, 2.24) is 0 Å². The normalized spacial score (nSPS) is 19.7. The predicted octanol–water partition coefficient (Wildman–Crippen LogP) is 4.41. The Morgan fingerprint density at radius 3 is 1.16 bits per heavy atom. The van der Waals surface area contributed by atoms with Crippen LogP contribution in [0.1, 0.15) is 29.4 Å². The molecule has 0 amide bonds. The van der Waals surface area contributed by atoms with Crippen LogP contribution >= 0.6 is 0 Å². The maximum atomic E-state index is 12.3. The van der Waals surface area contributed by atoms with Crippen LogP contribution in [0.3, 0.4) is 0 Å². The molecule has 0 heterocycles. The van der Waals surface area contributed by atoms with E-state index < -0.39 is 42.8 Å². The minimum atomic E-state index is -5.77. The number of halogens is 6. The minimum absolute atomic E-state index is 0.0704. The van der Waals surface area contributed by atoms with Crippen molar-refractivity contribution in [2.24, 2.45) is 0 Å². The molecule has 0 unspecified atom stereocenters. The molecule has 0 spiro atoms. The summed E-state index contributed by atoms with van der Waals surface area (Å²) in [6.07, 6.45) is 0.613. The molecule has 0 bridgehead atoms. The summed E-state index contributed by atoms with van der Waals surface area (Å²) in [5.74, 6) is -1.16. The van der Waals surface area contributed by atoms with E-state index in [-0.39, 0.29) is 11.8 Å². The second-order valence-corrected chi connectivity index (χ2v) is 9.63. The summed E-state index contributed by atoms with van der Waals surface area (Å²) in [5, 5.41) is 0. The summed E-state index contributed by atoms with van der Waals surface area (Å²) < 4.78 is 126. The summed E-state index contributed by atoms with van der Waals surface area (Å²) >= 11 is 0. The molecule has 170 valence electrons. The van der Waals surface area contributed by atoms with Crippen molar-refractivity contribution in [2.75, 3.05) is 0 Å². The summed E-state index contributed by atoms with van der Waals surface area (Å²) in [4.78, 5) is 0. The van der Waals surface area contributed by atoms with E-state index in [1.165, 1.54) is 24.3 Å². The monoisotopic (exact) mass is 490 g/mol. The van der Waals surface area contributed by atoms with Gasteiger partial charge in [0.05, 0.1) is 0 Å². The quantitative estimate of drug-likeness (QED) is 0.339. The zero-order chi connectivity index (χ0) is 23.2. The van der Waals surface area contributed by atoms with Crippen molar-refractivity contribution in [2.45, 2.75) is 29.3 Å². The maximum absolute atomic E-state index is 12.3. The summed E-state index contributed by atoms with van der Waals surface area (Å²) in [5.41, 5.74) is -9.74. The zero-order valence-corrected chi connectivity index (χ0v) is 16.6. The molecule has 1 aliphatic rings. The van der Waals surface area contributed by atoms with Gasteiger partial charge in [0, 0.05) is 0 Å². The van der Waals surface area contributed by atoms with E-state index in [0.717, 1.165) is 24.3 Å². The predicted molar refractivity (Wildman–Crippen MR) is 94.2 cm³/mol. The highest BCUT2D eigenvalue weighted by Crippen LogP contribution is 2.55. The van der Waals surface area contributed by atoms with Gasteiger partial charge in [-0.15, -0.1) is 0 Å². The van der Waals surface area contributed by atoms with E-state index in [2.05, 4.69) is 8.37 Å². The fourth-order valence-electron chi connectivity index (χ4n) is 2.82. The Bertz CT molecular complexity index is 1060. The number of hydrogen-bond acceptors (Lipinski definition) is 6. The maximum Gasteiger partial charge on any atom is 0.534 e. The summed E-state index contributed by atoms with van der Waals surface area (Å²) in [6.45, 7) is 0. The van der Waals surface area contributed by atoms with Gasteiger partial charge in [0.15, 0.2) is 0 Å². The van der Waals surface area contributed by atoms with Crippen LogP contribution in [0.25, 0.3) is 0 Å². The second kappa shape index (κ2) is 7.58. The van der Waals surface area contributed by atoms with Crippen LogP contribution in [-0.2, 0) is 20.2 Å². The topological polar surface area (TPSA) is 86.7 Å². The third kappa shape index (κ3) is 5.06. The summed E-state index contributed by atoms with van der Waals surface area (Å²) in [7, 11) is -11.5. The first-order valence-electron chi connectivity index (χ1n) is 8.32. The molecule has 2 aromatic carbocycles.